The Kier molecular flexibility index (Phi) is 7.62. The summed E-state index contributed by atoms with van der Waals surface area (Å²) < 4.78 is 6.24. The highest BCUT2D eigenvalue weighted by atomic mass is 79.9. The summed E-state index contributed by atoms with van der Waals surface area (Å²) in [5.41, 5.74) is 7.17. The average molecular weight is 343 g/mol. The molecule has 1 aromatic carbocycles. The minimum Gasteiger partial charge on any atom is -0.495 e. The standard InChI is InChI=1S/C15H23BrN2O2/c1-11-9-12(16)10-13(20-2)15(11)18-14(19)7-5-3-4-6-8-17/h9-10H,3-8,17H2,1-2H3,(H,18,19). The molecule has 0 heterocycles. The van der Waals surface area contributed by atoms with Gasteiger partial charge in [0.2, 0.25) is 5.91 Å². The molecule has 0 bridgehead atoms. The van der Waals surface area contributed by atoms with Crippen LogP contribution in [0.5, 0.6) is 5.75 Å². The summed E-state index contributed by atoms with van der Waals surface area (Å²) in [5.74, 6) is 0.704. The van der Waals surface area contributed by atoms with Crippen LogP contribution < -0.4 is 15.8 Å². The van der Waals surface area contributed by atoms with Crippen LogP contribution in [0.4, 0.5) is 5.69 Å². The fourth-order valence-electron chi connectivity index (χ4n) is 2.02. The van der Waals surface area contributed by atoms with Crippen molar-refractivity contribution in [3.63, 3.8) is 0 Å². The number of methoxy groups -OCH3 is 1. The fourth-order valence-corrected chi connectivity index (χ4v) is 2.57. The highest BCUT2D eigenvalue weighted by molar-refractivity contribution is 9.10. The number of carbonyl (C=O) groups is 1. The molecule has 0 fully saturated rings. The maximum absolute atomic E-state index is 11.9. The highest BCUT2D eigenvalue weighted by Gasteiger charge is 2.11. The quantitative estimate of drug-likeness (QED) is 0.709. The van der Waals surface area contributed by atoms with Crippen LogP contribution in [0.25, 0.3) is 0 Å². The lowest BCUT2D eigenvalue weighted by atomic mass is 10.1. The molecule has 0 aliphatic heterocycles. The van der Waals surface area contributed by atoms with Crippen LogP contribution in [-0.4, -0.2) is 19.6 Å². The van der Waals surface area contributed by atoms with Gasteiger partial charge < -0.3 is 15.8 Å². The SMILES string of the molecule is COc1cc(Br)cc(C)c1NC(=O)CCCCCCN. The van der Waals surface area contributed by atoms with Gasteiger partial charge >= 0.3 is 0 Å². The second-order valence-electron chi connectivity index (χ2n) is 4.80. The van der Waals surface area contributed by atoms with Crippen LogP contribution in [0.1, 0.15) is 37.7 Å². The van der Waals surface area contributed by atoms with Crippen LogP contribution in [0, 0.1) is 6.92 Å². The van der Waals surface area contributed by atoms with Crippen molar-refractivity contribution in [1.82, 2.24) is 0 Å². The third kappa shape index (κ3) is 5.51. The van der Waals surface area contributed by atoms with Crippen molar-refractivity contribution in [1.29, 1.82) is 0 Å². The Hall–Kier alpha value is -1.07. The van der Waals surface area contributed by atoms with Gasteiger partial charge in [-0.2, -0.15) is 0 Å². The predicted octanol–water partition coefficient (Wildman–Crippen LogP) is 3.61. The van der Waals surface area contributed by atoms with E-state index in [0.717, 1.165) is 48.0 Å². The van der Waals surface area contributed by atoms with E-state index in [9.17, 15) is 4.79 Å². The molecule has 0 unspecified atom stereocenters. The molecule has 0 saturated heterocycles. The Morgan fingerprint density at radius 1 is 1.30 bits per heavy atom. The third-order valence-electron chi connectivity index (χ3n) is 3.11. The van der Waals surface area contributed by atoms with E-state index >= 15 is 0 Å². The minimum absolute atomic E-state index is 0.0291. The van der Waals surface area contributed by atoms with E-state index in [0.29, 0.717) is 12.2 Å². The second-order valence-corrected chi connectivity index (χ2v) is 5.72. The molecule has 1 rings (SSSR count). The van der Waals surface area contributed by atoms with Crippen molar-refractivity contribution >= 4 is 27.5 Å². The molecule has 20 heavy (non-hydrogen) atoms. The number of benzene rings is 1. The maximum Gasteiger partial charge on any atom is 0.224 e. The van der Waals surface area contributed by atoms with Crippen LogP contribution >= 0.6 is 15.9 Å². The number of ether oxygens (including phenoxy) is 1. The first-order valence-corrected chi connectivity index (χ1v) is 7.71. The maximum atomic E-state index is 11.9. The normalized spacial score (nSPS) is 10.4. The number of unbranched alkanes of at least 4 members (excludes halogenated alkanes) is 3. The molecule has 0 aromatic heterocycles. The number of halogens is 1. The zero-order chi connectivity index (χ0) is 15.0. The van der Waals surface area contributed by atoms with Crippen LogP contribution in [-0.2, 0) is 4.79 Å². The number of anilines is 1. The fraction of sp³-hybridized carbons (Fsp3) is 0.533. The number of aryl methyl sites for hydroxylation is 1. The Labute approximate surface area is 129 Å². The van der Waals surface area contributed by atoms with E-state index in [1.54, 1.807) is 7.11 Å². The molecular weight excluding hydrogens is 320 g/mol. The van der Waals surface area contributed by atoms with E-state index in [1.807, 2.05) is 19.1 Å². The van der Waals surface area contributed by atoms with Gasteiger partial charge in [0.15, 0.2) is 0 Å². The van der Waals surface area contributed by atoms with Gasteiger partial charge in [-0.15, -0.1) is 0 Å². The molecule has 0 aliphatic rings. The molecule has 0 spiro atoms. The molecule has 4 nitrogen and oxygen atoms in total. The van der Waals surface area contributed by atoms with Crippen molar-refractivity contribution < 1.29 is 9.53 Å². The lowest BCUT2D eigenvalue weighted by Crippen LogP contribution is -2.13. The summed E-state index contributed by atoms with van der Waals surface area (Å²) in [6, 6.07) is 3.81. The van der Waals surface area contributed by atoms with Crippen LogP contribution in [0.3, 0.4) is 0 Å². The summed E-state index contributed by atoms with van der Waals surface area (Å²) >= 11 is 3.42. The highest BCUT2D eigenvalue weighted by Crippen LogP contribution is 2.32. The summed E-state index contributed by atoms with van der Waals surface area (Å²) in [7, 11) is 1.60. The lowest BCUT2D eigenvalue weighted by Gasteiger charge is -2.13. The number of nitrogens with one attached hydrogen (secondary N) is 1. The molecule has 112 valence electrons. The Morgan fingerprint density at radius 2 is 2.00 bits per heavy atom. The third-order valence-corrected chi connectivity index (χ3v) is 3.56. The van der Waals surface area contributed by atoms with E-state index in [-0.39, 0.29) is 5.91 Å². The zero-order valence-corrected chi connectivity index (χ0v) is 13.8. The summed E-state index contributed by atoms with van der Waals surface area (Å²) in [5, 5.41) is 2.94. The summed E-state index contributed by atoms with van der Waals surface area (Å²) in [4.78, 5) is 11.9. The average Bonchev–Trinajstić information content (AvgIpc) is 2.41. The van der Waals surface area contributed by atoms with Gasteiger partial charge in [-0.3, -0.25) is 4.79 Å². The number of nitrogens with two attached hydrogens (primary N) is 1. The summed E-state index contributed by atoms with van der Waals surface area (Å²) in [6.07, 6.45) is 4.58. The zero-order valence-electron chi connectivity index (χ0n) is 12.2. The summed E-state index contributed by atoms with van der Waals surface area (Å²) in [6.45, 7) is 2.67. The largest absolute Gasteiger partial charge is 0.495 e. The van der Waals surface area contributed by atoms with Gasteiger partial charge in [0.25, 0.3) is 0 Å². The van der Waals surface area contributed by atoms with Gasteiger partial charge in [-0.25, -0.2) is 0 Å². The number of carbonyl (C=O) groups excluding carboxylic acids is 1. The van der Waals surface area contributed by atoms with Crippen LogP contribution in [0.15, 0.2) is 16.6 Å². The topological polar surface area (TPSA) is 64.3 Å². The molecule has 1 amide bonds. The smallest absolute Gasteiger partial charge is 0.224 e. The Morgan fingerprint density at radius 3 is 2.65 bits per heavy atom. The van der Waals surface area contributed by atoms with E-state index < -0.39 is 0 Å². The van der Waals surface area contributed by atoms with Crippen molar-refractivity contribution in [3.05, 3.63) is 22.2 Å². The number of hydrogen-bond acceptors (Lipinski definition) is 3. The molecule has 3 N–H and O–H groups in total. The van der Waals surface area contributed by atoms with E-state index in [2.05, 4.69) is 21.2 Å². The van der Waals surface area contributed by atoms with Gasteiger partial charge in [-0.05, 0) is 44.0 Å². The predicted molar refractivity (Wildman–Crippen MR) is 86.2 cm³/mol. The first-order valence-electron chi connectivity index (χ1n) is 6.92. The Bertz CT molecular complexity index is 450. The molecule has 5 heteroatoms. The Balaban J connectivity index is 2.53. The first-order chi connectivity index (χ1) is 9.58. The van der Waals surface area contributed by atoms with Crippen LogP contribution in [0.2, 0.25) is 0 Å². The van der Waals surface area contributed by atoms with E-state index in [1.165, 1.54) is 0 Å². The monoisotopic (exact) mass is 342 g/mol. The minimum atomic E-state index is 0.0291. The van der Waals surface area contributed by atoms with Gasteiger partial charge in [0.05, 0.1) is 12.8 Å². The molecule has 0 radical (unpaired) electrons. The van der Waals surface area contributed by atoms with Crippen molar-refractivity contribution in [2.45, 2.75) is 39.0 Å². The number of rotatable bonds is 8. The lowest BCUT2D eigenvalue weighted by molar-refractivity contribution is -0.116. The van der Waals surface area contributed by atoms with Crippen molar-refractivity contribution in [2.75, 3.05) is 19.0 Å². The van der Waals surface area contributed by atoms with Gasteiger partial charge in [0.1, 0.15) is 5.75 Å². The first kappa shape index (κ1) is 17.0. The molecular formula is C15H23BrN2O2. The second kappa shape index (κ2) is 8.97. The number of hydrogen-bond donors (Lipinski definition) is 2. The molecule has 1 aromatic rings. The number of amides is 1. The molecule has 0 atom stereocenters. The van der Waals surface area contributed by atoms with Crippen molar-refractivity contribution in [2.24, 2.45) is 5.73 Å². The van der Waals surface area contributed by atoms with Gasteiger partial charge in [-0.1, -0.05) is 28.8 Å². The van der Waals surface area contributed by atoms with Crippen molar-refractivity contribution in [3.8, 4) is 5.75 Å². The van der Waals surface area contributed by atoms with Gasteiger partial charge in [0, 0.05) is 10.9 Å². The van der Waals surface area contributed by atoms with E-state index in [4.69, 9.17) is 10.5 Å². The molecule has 0 saturated carbocycles. The molecule has 0 aliphatic carbocycles.